The van der Waals surface area contributed by atoms with Crippen LogP contribution < -0.4 is 5.32 Å². The Balaban J connectivity index is 1.56. The van der Waals surface area contributed by atoms with Crippen molar-refractivity contribution in [2.24, 2.45) is 0 Å². The molecule has 0 radical (unpaired) electrons. The number of hydrogen-bond acceptors (Lipinski definition) is 3. The van der Waals surface area contributed by atoms with Crippen molar-refractivity contribution in [2.45, 2.75) is 12.5 Å². The third-order valence-corrected chi connectivity index (χ3v) is 4.25. The molecule has 1 unspecified atom stereocenters. The van der Waals surface area contributed by atoms with Crippen molar-refractivity contribution in [3.05, 3.63) is 23.0 Å². The molecule has 2 N–H and O–H groups in total. The Bertz CT molecular complexity index is 447. The molecule has 3 heterocycles. The minimum Gasteiger partial charge on any atom is -0.356 e. The highest BCUT2D eigenvalue weighted by atomic mass is 35.5. The van der Waals surface area contributed by atoms with E-state index in [1.165, 1.54) is 6.42 Å². The molecule has 6 heteroatoms. The highest BCUT2D eigenvalue weighted by molar-refractivity contribution is 6.30. The summed E-state index contributed by atoms with van der Waals surface area (Å²) < 4.78 is 0. The largest absolute Gasteiger partial charge is 0.356 e. The molecule has 19 heavy (non-hydrogen) atoms. The highest BCUT2D eigenvalue weighted by Gasteiger charge is 2.28. The van der Waals surface area contributed by atoms with Gasteiger partial charge < -0.3 is 15.2 Å². The summed E-state index contributed by atoms with van der Waals surface area (Å²) >= 11 is 5.84. The monoisotopic (exact) mass is 282 g/mol. The fourth-order valence-electron chi connectivity index (χ4n) is 2.90. The number of carbonyl (C=O) groups excluding carboxylic acids is 1. The number of rotatable bonds is 2. The maximum Gasteiger partial charge on any atom is 0.270 e. The first-order valence-corrected chi connectivity index (χ1v) is 7.20. The second-order valence-electron chi connectivity index (χ2n) is 5.21. The van der Waals surface area contributed by atoms with Crippen LogP contribution in [0.5, 0.6) is 0 Å². The van der Waals surface area contributed by atoms with Gasteiger partial charge in [0.25, 0.3) is 5.91 Å². The molecule has 0 aliphatic carbocycles. The van der Waals surface area contributed by atoms with Crippen LogP contribution in [0, 0.1) is 0 Å². The van der Waals surface area contributed by atoms with Gasteiger partial charge in [-0.05, 0) is 19.0 Å². The average Bonchev–Trinajstić information content (AvgIpc) is 3.09. The Morgan fingerprint density at radius 1 is 1.32 bits per heavy atom. The van der Waals surface area contributed by atoms with E-state index >= 15 is 0 Å². The second kappa shape index (κ2) is 5.53. The van der Waals surface area contributed by atoms with Crippen LogP contribution in [0.4, 0.5) is 0 Å². The zero-order valence-corrected chi connectivity index (χ0v) is 11.6. The van der Waals surface area contributed by atoms with Gasteiger partial charge in [-0.2, -0.15) is 0 Å². The van der Waals surface area contributed by atoms with Crippen LogP contribution in [0.15, 0.2) is 12.3 Å². The lowest BCUT2D eigenvalue weighted by molar-refractivity contribution is 0.0579. The summed E-state index contributed by atoms with van der Waals surface area (Å²) in [5.41, 5.74) is 0.584. The third-order valence-electron chi connectivity index (χ3n) is 4.03. The van der Waals surface area contributed by atoms with E-state index in [9.17, 15) is 4.79 Å². The summed E-state index contributed by atoms with van der Waals surface area (Å²) in [4.78, 5) is 19.6. The molecule has 1 aromatic rings. The predicted molar refractivity (Wildman–Crippen MR) is 74.6 cm³/mol. The number of aromatic amines is 1. The number of nitrogens with zero attached hydrogens (tertiary/aromatic N) is 2. The fraction of sp³-hybridized carbons (Fsp3) is 0.615. The summed E-state index contributed by atoms with van der Waals surface area (Å²) in [6.45, 7) is 5.72. The highest BCUT2D eigenvalue weighted by Crippen LogP contribution is 2.15. The van der Waals surface area contributed by atoms with Crippen LogP contribution in [0.1, 0.15) is 16.9 Å². The quantitative estimate of drug-likeness (QED) is 0.843. The smallest absolute Gasteiger partial charge is 0.270 e. The maximum atomic E-state index is 12.2. The number of hydrogen-bond donors (Lipinski definition) is 2. The summed E-state index contributed by atoms with van der Waals surface area (Å²) in [6, 6.07) is 2.34. The van der Waals surface area contributed by atoms with E-state index in [2.05, 4.69) is 15.2 Å². The average molecular weight is 283 g/mol. The number of carbonyl (C=O) groups is 1. The van der Waals surface area contributed by atoms with Gasteiger partial charge in [0.05, 0.1) is 5.02 Å². The van der Waals surface area contributed by atoms with Gasteiger partial charge in [0.1, 0.15) is 5.69 Å². The Morgan fingerprint density at radius 3 is 2.68 bits per heavy atom. The Hall–Kier alpha value is -1.04. The minimum absolute atomic E-state index is 0.0519. The normalized spacial score (nSPS) is 24.9. The fourth-order valence-corrected chi connectivity index (χ4v) is 3.07. The molecule has 0 spiro atoms. The summed E-state index contributed by atoms with van der Waals surface area (Å²) in [5.74, 6) is 0.0519. The van der Waals surface area contributed by atoms with Crippen LogP contribution in [-0.4, -0.2) is 66.0 Å². The first-order valence-electron chi connectivity index (χ1n) is 6.82. The van der Waals surface area contributed by atoms with E-state index in [1.54, 1.807) is 12.3 Å². The number of aromatic nitrogens is 1. The molecule has 2 aliphatic rings. The SMILES string of the molecule is O=C(c1cc(Cl)c[nH]1)N1CCN(C2CCNC2)CC1. The zero-order valence-electron chi connectivity index (χ0n) is 10.9. The Labute approximate surface area is 117 Å². The van der Waals surface area contributed by atoms with E-state index in [0.29, 0.717) is 16.8 Å². The van der Waals surface area contributed by atoms with E-state index in [1.807, 2.05) is 4.90 Å². The first kappa shape index (κ1) is 13.0. The molecule has 3 rings (SSSR count). The lowest BCUT2D eigenvalue weighted by atomic mass is 10.2. The molecule has 5 nitrogen and oxygen atoms in total. The predicted octanol–water partition coefficient (Wildman–Crippen LogP) is 0.788. The number of halogens is 1. The Kier molecular flexibility index (Phi) is 3.77. The molecular formula is C13H19ClN4O. The van der Waals surface area contributed by atoms with Gasteiger partial charge in [-0.25, -0.2) is 0 Å². The molecule has 0 saturated carbocycles. The number of amides is 1. The van der Waals surface area contributed by atoms with Crippen molar-refractivity contribution in [3.63, 3.8) is 0 Å². The molecular weight excluding hydrogens is 264 g/mol. The molecule has 104 valence electrons. The first-order chi connectivity index (χ1) is 9.24. The standard InChI is InChI=1S/C13H19ClN4O/c14-10-7-12(16-8-10)13(19)18-5-3-17(4-6-18)11-1-2-15-9-11/h7-8,11,15-16H,1-6,9H2. The Morgan fingerprint density at radius 2 is 2.11 bits per heavy atom. The van der Waals surface area contributed by atoms with Crippen molar-refractivity contribution in [1.82, 2.24) is 20.1 Å². The van der Waals surface area contributed by atoms with Crippen LogP contribution in [0.3, 0.4) is 0 Å². The number of nitrogens with one attached hydrogen (secondary N) is 2. The van der Waals surface area contributed by atoms with Crippen molar-refractivity contribution in [3.8, 4) is 0 Å². The molecule has 1 amide bonds. The lowest BCUT2D eigenvalue weighted by Gasteiger charge is -2.37. The topological polar surface area (TPSA) is 51.4 Å². The van der Waals surface area contributed by atoms with Crippen molar-refractivity contribution >= 4 is 17.5 Å². The van der Waals surface area contributed by atoms with Crippen molar-refractivity contribution in [1.29, 1.82) is 0 Å². The minimum atomic E-state index is 0.0519. The van der Waals surface area contributed by atoms with Gasteiger partial charge in [-0.1, -0.05) is 11.6 Å². The van der Waals surface area contributed by atoms with Crippen molar-refractivity contribution in [2.75, 3.05) is 39.3 Å². The summed E-state index contributed by atoms with van der Waals surface area (Å²) in [7, 11) is 0. The van der Waals surface area contributed by atoms with E-state index in [-0.39, 0.29) is 5.91 Å². The maximum absolute atomic E-state index is 12.2. The second-order valence-corrected chi connectivity index (χ2v) is 5.64. The molecule has 1 aromatic heterocycles. The molecule has 2 fully saturated rings. The molecule has 2 saturated heterocycles. The van der Waals surface area contributed by atoms with Gasteiger partial charge in [-0.3, -0.25) is 9.69 Å². The van der Waals surface area contributed by atoms with Crippen molar-refractivity contribution < 1.29 is 4.79 Å². The molecule has 1 atom stereocenters. The van der Waals surface area contributed by atoms with E-state index in [4.69, 9.17) is 11.6 Å². The lowest BCUT2D eigenvalue weighted by Crippen LogP contribution is -2.52. The zero-order chi connectivity index (χ0) is 13.2. The van der Waals surface area contributed by atoms with Gasteiger partial charge in [-0.15, -0.1) is 0 Å². The van der Waals surface area contributed by atoms with Gasteiger partial charge in [0.15, 0.2) is 0 Å². The van der Waals surface area contributed by atoms with Crippen LogP contribution >= 0.6 is 11.6 Å². The third kappa shape index (κ3) is 2.78. The van der Waals surface area contributed by atoms with E-state index < -0.39 is 0 Å². The number of piperazine rings is 1. The van der Waals surface area contributed by atoms with Crippen LogP contribution in [0.25, 0.3) is 0 Å². The summed E-state index contributed by atoms with van der Waals surface area (Å²) in [5, 5.41) is 3.97. The molecule has 2 aliphatic heterocycles. The molecule has 0 bridgehead atoms. The van der Waals surface area contributed by atoms with Gasteiger partial charge in [0, 0.05) is 45.0 Å². The van der Waals surface area contributed by atoms with E-state index in [0.717, 1.165) is 39.3 Å². The number of H-pyrrole nitrogens is 1. The van der Waals surface area contributed by atoms with Crippen LogP contribution in [0.2, 0.25) is 5.02 Å². The van der Waals surface area contributed by atoms with Gasteiger partial charge >= 0.3 is 0 Å². The summed E-state index contributed by atoms with van der Waals surface area (Å²) in [6.07, 6.45) is 2.87. The van der Waals surface area contributed by atoms with Crippen LogP contribution in [-0.2, 0) is 0 Å². The van der Waals surface area contributed by atoms with Gasteiger partial charge in [0.2, 0.25) is 0 Å². The molecule has 0 aromatic carbocycles.